The third kappa shape index (κ3) is 4.01. The largest absolute Gasteiger partial charge is 0.478 e. The smallest absolute Gasteiger partial charge is 0.335 e. The maximum atomic E-state index is 12.8. The van der Waals surface area contributed by atoms with E-state index in [-0.39, 0.29) is 11.5 Å². The van der Waals surface area contributed by atoms with Crippen molar-refractivity contribution in [2.75, 3.05) is 13.1 Å². The van der Waals surface area contributed by atoms with Gasteiger partial charge in [0, 0.05) is 18.7 Å². The van der Waals surface area contributed by atoms with E-state index < -0.39 is 5.97 Å². The number of benzene rings is 2. The van der Waals surface area contributed by atoms with E-state index in [1.54, 1.807) is 12.1 Å². The molecule has 2 aromatic carbocycles. The molecule has 0 spiro atoms. The van der Waals surface area contributed by atoms with Crippen LogP contribution in [0.25, 0.3) is 0 Å². The Morgan fingerprint density at radius 1 is 1.15 bits per heavy atom. The zero-order valence-corrected chi connectivity index (χ0v) is 15.4. The molecule has 0 aliphatic carbocycles. The molecule has 138 valence electrons. The molecule has 3 rings (SSSR count). The Balaban J connectivity index is 1.68. The molecular weight excluding hydrogens is 340 g/mol. The number of carbonyl (C=O) groups excluding carboxylic acids is 1. The minimum absolute atomic E-state index is 0.104. The molecule has 1 saturated heterocycles. The maximum absolute atomic E-state index is 12.8. The Labute approximate surface area is 158 Å². The summed E-state index contributed by atoms with van der Waals surface area (Å²) in [4.78, 5) is 26.0. The number of aromatic carboxylic acids is 1. The van der Waals surface area contributed by atoms with Crippen LogP contribution >= 0.6 is 0 Å². The summed E-state index contributed by atoms with van der Waals surface area (Å²) >= 11 is 0. The van der Waals surface area contributed by atoms with Gasteiger partial charge in [-0.15, -0.1) is 0 Å². The second kappa shape index (κ2) is 8.05. The molecule has 1 amide bonds. The van der Waals surface area contributed by atoms with Crippen LogP contribution in [-0.4, -0.2) is 35.0 Å². The molecule has 0 atom stereocenters. The van der Waals surface area contributed by atoms with Gasteiger partial charge in [-0.2, -0.15) is 0 Å². The van der Waals surface area contributed by atoms with Gasteiger partial charge in [-0.1, -0.05) is 30.4 Å². The van der Waals surface area contributed by atoms with Gasteiger partial charge >= 0.3 is 12.0 Å². The molecule has 0 unspecified atom stereocenters. The number of nitrogens with zero attached hydrogens (tertiary/aromatic N) is 1. The lowest BCUT2D eigenvalue weighted by molar-refractivity contribution is -0.0909. The van der Waals surface area contributed by atoms with Gasteiger partial charge in [0.15, 0.2) is 0 Å². The Bertz CT molecular complexity index is 889. The number of nitrogens with one attached hydrogen (secondary N) is 1. The van der Waals surface area contributed by atoms with Crippen LogP contribution in [0, 0.1) is 6.07 Å². The number of amides is 1. The molecule has 1 aliphatic heterocycles. The summed E-state index contributed by atoms with van der Waals surface area (Å²) in [6.07, 6.45) is 2.37. The number of hydrogen-bond acceptors (Lipinski definition) is 2. The van der Waals surface area contributed by atoms with Gasteiger partial charge in [-0.05, 0) is 60.6 Å². The Hall–Kier alpha value is -3.13. The summed E-state index contributed by atoms with van der Waals surface area (Å²) < 4.78 is 0. The van der Waals surface area contributed by atoms with E-state index in [4.69, 9.17) is 5.26 Å². The lowest BCUT2D eigenvalue weighted by atomic mass is 9.88. The van der Waals surface area contributed by atoms with Crippen molar-refractivity contribution >= 4 is 11.9 Å². The first-order valence-electron chi connectivity index (χ1n) is 9.21. The van der Waals surface area contributed by atoms with Crippen molar-refractivity contribution in [1.82, 2.24) is 4.90 Å². The summed E-state index contributed by atoms with van der Waals surface area (Å²) in [5.74, 6) is -0.705. The van der Waals surface area contributed by atoms with Crippen molar-refractivity contribution in [3.63, 3.8) is 0 Å². The van der Waals surface area contributed by atoms with Gasteiger partial charge in [-0.25, -0.2) is 4.79 Å². The Morgan fingerprint density at radius 3 is 2.37 bits per heavy atom. The molecule has 0 bridgehead atoms. The van der Waals surface area contributed by atoms with Gasteiger partial charge < -0.3 is 10.0 Å². The molecule has 1 heterocycles. The predicted molar refractivity (Wildman–Crippen MR) is 101 cm³/mol. The van der Waals surface area contributed by atoms with Crippen molar-refractivity contribution in [1.29, 1.82) is 0 Å². The summed E-state index contributed by atoms with van der Waals surface area (Å²) in [6.45, 7) is 3.21. The quantitative estimate of drug-likeness (QED) is 0.873. The number of hydrogen-bond donors (Lipinski definition) is 2. The van der Waals surface area contributed by atoms with Crippen LogP contribution in [0.4, 0.5) is 0 Å². The van der Waals surface area contributed by atoms with Crippen molar-refractivity contribution < 1.29 is 20.0 Å². The fourth-order valence-corrected chi connectivity index (χ4v) is 3.65. The standard InChI is InChI=1S/C22H22N2O3/c1-2-16-7-8-19(13-20(16)22(26)27)21(25)24-11-9-18(10-12-24)17-5-3-15(14-23)4-6-17/h3-8,13,18H,2,9-12H2,1H3,(H,26,27)/p+1. The normalized spacial score (nSPS) is 14.6. The van der Waals surface area contributed by atoms with Crippen LogP contribution < -0.4 is 5.26 Å². The van der Waals surface area contributed by atoms with Gasteiger partial charge in [0.2, 0.25) is 0 Å². The fourth-order valence-electron chi connectivity index (χ4n) is 3.65. The van der Waals surface area contributed by atoms with E-state index in [0.717, 1.165) is 24.0 Å². The minimum Gasteiger partial charge on any atom is -0.478 e. The zero-order chi connectivity index (χ0) is 19.4. The molecule has 0 saturated carbocycles. The molecule has 5 heteroatoms. The topological polar surface area (TPSA) is 81.4 Å². The Kier molecular flexibility index (Phi) is 5.56. The highest BCUT2D eigenvalue weighted by Crippen LogP contribution is 2.29. The van der Waals surface area contributed by atoms with Crippen molar-refractivity contribution in [3.8, 4) is 6.07 Å². The summed E-state index contributed by atoms with van der Waals surface area (Å²) in [7, 11) is 0. The maximum Gasteiger partial charge on any atom is 0.335 e. The lowest BCUT2D eigenvalue weighted by Gasteiger charge is -2.32. The van der Waals surface area contributed by atoms with Crippen LogP contribution in [0.3, 0.4) is 0 Å². The van der Waals surface area contributed by atoms with Crippen LogP contribution in [0.15, 0.2) is 42.5 Å². The number of carboxylic acid groups (broad SMARTS) is 1. The first-order chi connectivity index (χ1) is 13.0. The first kappa shape index (κ1) is 18.7. The third-order valence-electron chi connectivity index (χ3n) is 5.28. The summed E-state index contributed by atoms with van der Waals surface area (Å²) in [6, 6.07) is 15.2. The molecule has 1 fully saturated rings. The molecule has 2 aromatic rings. The summed E-state index contributed by atoms with van der Waals surface area (Å²) in [5.41, 5.74) is 3.37. The van der Waals surface area contributed by atoms with Gasteiger partial charge in [0.25, 0.3) is 5.91 Å². The average molecular weight is 363 g/mol. The van der Waals surface area contributed by atoms with Crippen molar-refractivity contribution in [2.24, 2.45) is 0 Å². The number of carboxylic acids is 1. The average Bonchev–Trinajstić information content (AvgIpc) is 2.73. The van der Waals surface area contributed by atoms with Gasteiger partial charge in [-0.3, -0.25) is 4.79 Å². The molecule has 5 nitrogen and oxygen atoms in total. The second-order valence-electron chi connectivity index (χ2n) is 6.84. The lowest BCUT2D eigenvalue weighted by Crippen LogP contribution is -2.38. The number of aryl methyl sites for hydroxylation is 1. The highest BCUT2D eigenvalue weighted by Gasteiger charge is 2.25. The number of piperidine rings is 1. The SMILES string of the molecule is CCc1ccc(C(=O)N2CCC(c3ccc(C#[NH+])cc3)CC2)cc1C(=O)O. The third-order valence-corrected chi connectivity index (χ3v) is 5.28. The highest BCUT2D eigenvalue weighted by molar-refractivity contribution is 5.98. The van der Waals surface area contributed by atoms with E-state index in [9.17, 15) is 14.7 Å². The second-order valence-corrected chi connectivity index (χ2v) is 6.84. The van der Waals surface area contributed by atoms with Crippen molar-refractivity contribution in [2.45, 2.75) is 32.1 Å². The molecule has 27 heavy (non-hydrogen) atoms. The van der Waals surface area contributed by atoms with E-state index in [2.05, 4.69) is 6.07 Å². The summed E-state index contributed by atoms with van der Waals surface area (Å²) in [5, 5.41) is 16.5. The fraction of sp³-hybridized carbons (Fsp3) is 0.318. The van der Waals surface area contributed by atoms with Gasteiger partial charge in [0.05, 0.1) is 5.56 Å². The molecule has 1 aliphatic rings. The minimum atomic E-state index is -0.995. The van der Waals surface area contributed by atoms with Crippen LogP contribution in [0.5, 0.6) is 0 Å². The van der Waals surface area contributed by atoms with E-state index in [0.29, 0.717) is 31.0 Å². The number of carbonyl (C=O) groups is 2. The van der Waals surface area contributed by atoms with Crippen molar-refractivity contribution in [3.05, 3.63) is 70.3 Å². The Morgan fingerprint density at radius 2 is 1.81 bits per heavy atom. The van der Waals surface area contributed by atoms with Crippen LogP contribution in [0.1, 0.15) is 63.1 Å². The monoisotopic (exact) mass is 363 g/mol. The number of rotatable bonds is 4. The van der Waals surface area contributed by atoms with Gasteiger partial charge in [0.1, 0.15) is 5.56 Å². The van der Waals surface area contributed by atoms with Crippen LogP contribution in [-0.2, 0) is 6.42 Å². The molecule has 0 aromatic heterocycles. The zero-order valence-electron chi connectivity index (χ0n) is 15.4. The van der Waals surface area contributed by atoms with E-state index in [1.807, 2.05) is 36.1 Å². The molecule has 0 radical (unpaired) electrons. The van der Waals surface area contributed by atoms with E-state index in [1.165, 1.54) is 11.6 Å². The first-order valence-corrected chi connectivity index (χ1v) is 9.21. The predicted octanol–water partition coefficient (Wildman–Crippen LogP) is 2.09. The molecular formula is C22H23N2O3+. The number of likely N-dealkylation sites (tertiary alicyclic amines) is 1. The van der Waals surface area contributed by atoms with E-state index >= 15 is 0 Å². The highest BCUT2D eigenvalue weighted by atomic mass is 16.4. The molecule has 2 N–H and O–H groups in total. The van der Waals surface area contributed by atoms with Crippen LogP contribution in [0.2, 0.25) is 0 Å².